The molecule has 1 aliphatic heterocycles. The smallest absolute Gasteiger partial charge is 0.330 e. The van der Waals surface area contributed by atoms with Crippen molar-refractivity contribution >= 4 is 5.97 Å². The molecule has 2 heterocycles. The summed E-state index contributed by atoms with van der Waals surface area (Å²) >= 11 is 0. The van der Waals surface area contributed by atoms with Crippen LogP contribution in [0, 0.1) is 0 Å². The van der Waals surface area contributed by atoms with Gasteiger partial charge in [0, 0.05) is 18.7 Å². The Morgan fingerprint density at radius 2 is 2.26 bits per heavy atom. The molecule has 2 rings (SSSR count). The predicted molar refractivity (Wildman–Crippen MR) is 65.6 cm³/mol. The first-order valence-electron chi connectivity index (χ1n) is 5.91. The first-order chi connectivity index (χ1) is 9.10. The van der Waals surface area contributed by atoms with Crippen LogP contribution in [0.15, 0.2) is 34.0 Å². The molecule has 0 spiro atoms. The zero-order chi connectivity index (χ0) is 13.8. The van der Waals surface area contributed by atoms with Gasteiger partial charge in [-0.25, -0.2) is 4.79 Å². The molecule has 7 nitrogen and oxygen atoms in total. The lowest BCUT2D eigenvalue weighted by Gasteiger charge is -2.15. The minimum absolute atomic E-state index is 0.109. The molecule has 2 atom stereocenters. The number of hydrogen-bond acceptors (Lipinski definition) is 5. The lowest BCUT2D eigenvalue weighted by molar-refractivity contribution is -0.147. The van der Waals surface area contributed by atoms with Crippen LogP contribution in [0.5, 0.6) is 0 Å². The Bertz CT molecular complexity index is 601. The fourth-order valence-electron chi connectivity index (χ4n) is 1.65. The summed E-state index contributed by atoms with van der Waals surface area (Å²) in [5.41, 5.74) is -1.01. The fourth-order valence-corrected chi connectivity index (χ4v) is 1.65. The third-order valence-corrected chi connectivity index (χ3v) is 2.63. The third kappa shape index (κ3) is 3.19. The Kier molecular flexibility index (Phi) is 3.96. The summed E-state index contributed by atoms with van der Waals surface area (Å²) in [6.45, 7) is 1.81. The van der Waals surface area contributed by atoms with Crippen LogP contribution < -0.4 is 11.2 Å². The first kappa shape index (κ1) is 13.3. The van der Waals surface area contributed by atoms with Gasteiger partial charge in [-0.1, -0.05) is 13.0 Å². The molecular weight excluding hydrogens is 252 g/mol. The quantitative estimate of drug-likeness (QED) is 0.609. The van der Waals surface area contributed by atoms with E-state index < -0.39 is 17.5 Å². The van der Waals surface area contributed by atoms with Crippen molar-refractivity contribution in [3.05, 3.63) is 45.3 Å². The highest BCUT2D eigenvalue weighted by Crippen LogP contribution is 2.19. The molecule has 19 heavy (non-hydrogen) atoms. The molecule has 1 aromatic rings. The Balaban J connectivity index is 1.99. The number of hydrogen-bond donors (Lipinski definition) is 1. The Labute approximate surface area is 108 Å². The molecule has 0 fully saturated rings. The summed E-state index contributed by atoms with van der Waals surface area (Å²) in [6.07, 6.45) is 4.06. The summed E-state index contributed by atoms with van der Waals surface area (Å²) < 4.78 is 11.7. The second-order valence-electron chi connectivity index (χ2n) is 4.00. The van der Waals surface area contributed by atoms with Crippen LogP contribution >= 0.6 is 0 Å². The number of carbonyl (C=O) groups excluding carboxylic acids is 1. The lowest BCUT2D eigenvalue weighted by Crippen LogP contribution is -2.32. The van der Waals surface area contributed by atoms with Gasteiger partial charge in [-0.2, -0.15) is 0 Å². The number of esters is 1. The molecule has 2 unspecified atom stereocenters. The topological polar surface area (TPSA) is 90.4 Å². The second-order valence-corrected chi connectivity index (χ2v) is 4.00. The summed E-state index contributed by atoms with van der Waals surface area (Å²) in [7, 11) is 0. The summed E-state index contributed by atoms with van der Waals surface area (Å²) in [5, 5.41) is 0. The standard InChI is InChI=1S/C12H14N2O5/c1-2-11(16)18-7-8-3-4-10(19-8)14-6-5-9(15)13-12(14)17/h3-6,8,10H,2,7H2,1H3,(H,13,15,17). The van der Waals surface area contributed by atoms with Crippen LogP contribution in [-0.4, -0.2) is 28.2 Å². The molecule has 0 saturated heterocycles. The van der Waals surface area contributed by atoms with Crippen molar-refractivity contribution in [2.75, 3.05) is 6.61 Å². The van der Waals surface area contributed by atoms with Gasteiger partial charge in [-0.3, -0.25) is 19.1 Å². The highest BCUT2D eigenvalue weighted by molar-refractivity contribution is 5.68. The molecule has 1 N–H and O–H groups in total. The molecule has 102 valence electrons. The molecule has 0 amide bonds. The van der Waals surface area contributed by atoms with E-state index in [-0.39, 0.29) is 18.7 Å². The zero-order valence-corrected chi connectivity index (χ0v) is 10.4. The second kappa shape index (κ2) is 5.66. The van der Waals surface area contributed by atoms with Gasteiger partial charge < -0.3 is 9.47 Å². The molecule has 1 aromatic heterocycles. The molecule has 0 radical (unpaired) electrons. The lowest BCUT2D eigenvalue weighted by atomic mass is 10.3. The maximum atomic E-state index is 11.6. The van der Waals surface area contributed by atoms with Gasteiger partial charge in [0.15, 0.2) is 6.23 Å². The van der Waals surface area contributed by atoms with E-state index in [2.05, 4.69) is 4.98 Å². The van der Waals surface area contributed by atoms with E-state index in [9.17, 15) is 14.4 Å². The Morgan fingerprint density at radius 1 is 1.47 bits per heavy atom. The van der Waals surface area contributed by atoms with Crippen LogP contribution in [0.4, 0.5) is 0 Å². The number of ether oxygens (including phenoxy) is 2. The van der Waals surface area contributed by atoms with Crippen molar-refractivity contribution in [2.24, 2.45) is 0 Å². The van der Waals surface area contributed by atoms with Crippen molar-refractivity contribution in [3.8, 4) is 0 Å². The minimum atomic E-state index is -0.602. The first-order valence-corrected chi connectivity index (χ1v) is 5.91. The maximum absolute atomic E-state index is 11.6. The maximum Gasteiger partial charge on any atom is 0.330 e. The number of rotatable bonds is 4. The molecule has 0 aliphatic carbocycles. The van der Waals surface area contributed by atoms with Gasteiger partial charge >= 0.3 is 11.7 Å². The molecule has 0 aromatic carbocycles. The van der Waals surface area contributed by atoms with Crippen LogP contribution in [0.3, 0.4) is 0 Å². The monoisotopic (exact) mass is 266 g/mol. The van der Waals surface area contributed by atoms with E-state index in [1.54, 1.807) is 19.1 Å². The SMILES string of the molecule is CCC(=O)OCC1C=CC(n2ccc(=O)[nH]c2=O)O1. The summed E-state index contributed by atoms with van der Waals surface area (Å²) in [4.78, 5) is 35.7. The largest absolute Gasteiger partial charge is 0.463 e. The van der Waals surface area contributed by atoms with Gasteiger partial charge in [0.1, 0.15) is 12.7 Å². The van der Waals surface area contributed by atoms with Crippen molar-refractivity contribution < 1.29 is 14.3 Å². The molecular formula is C12H14N2O5. The van der Waals surface area contributed by atoms with Gasteiger partial charge in [0.05, 0.1) is 0 Å². The fraction of sp³-hybridized carbons (Fsp3) is 0.417. The average molecular weight is 266 g/mol. The van der Waals surface area contributed by atoms with Crippen molar-refractivity contribution in [3.63, 3.8) is 0 Å². The molecule has 0 bridgehead atoms. The van der Waals surface area contributed by atoms with Crippen LogP contribution in [0.2, 0.25) is 0 Å². The molecule has 1 aliphatic rings. The predicted octanol–water partition coefficient (Wildman–Crippen LogP) is -0.0566. The van der Waals surface area contributed by atoms with E-state index in [1.807, 2.05) is 0 Å². The number of carbonyl (C=O) groups is 1. The highest BCUT2D eigenvalue weighted by atomic mass is 16.6. The van der Waals surface area contributed by atoms with Crippen LogP contribution in [0.1, 0.15) is 19.6 Å². The Hall–Kier alpha value is -2.15. The van der Waals surface area contributed by atoms with Crippen molar-refractivity contribution in [1.29, 1.82) is 0 Å². The summed E-state index contributed by atoms with van der Waals surface area (Å²) in [5.74, 6) is -0.304. The minimum Gasteiger partial charge on any atom is -0.463 e. The van der Waals surface area contributed by atoms with Gasteiger partial charge in [-0.05, 0) is 6.08 Å². The normalized spacial score (nSPS) is 21.5. The van der Waals surface area contributed by atoms with E-state index in [0.29, 0.717) is 6.42 Å². The number of nitrogens with zero attached hydrogens (tertiary/aromatic N) is 1. The van der Waals surface area contributed by atoms with Crippen LogP contribution in [-0.2, 0) is 14.3 Å². The zero-order valence-electron chi connectivity index (χ0n) is 10.4. The van der Waals surface area contributed by atoms with Crippen molar-refractivity contribution in [2.45, 2.75) is 25.7 Å². The number of H-pyrrole nitrogens is 1. The van der Waals surface area contributed by atoms with Crippen molar-refractivity contribution in [1.82, 2.24) is 9.55 Å². The van der Waals surface area contributed by atoms with E-state index >= 15 is 0 Å². The van der Waals surface area contributed by atoms with Gasteiger partial charge in [0.2, 0.25) is 0 Å². The van der Waals surface area contributed by atoms with Gasteiger partial charge in [0.25, 0.3) is 5.56 Å². The van der Waals surface area contributed by atoms with Gasteiger partial charge in [-0.15, -0.1) is 0 Å². The summed E-state index contributed by atoms with van der Waals surface area (Å²) in [6, 6.07) is 1.24. The molecule has 0 saturated carbocycles. The number of aromatic nitrogens is 2. The number of nitrogens with one attached hydrogen (secondary N) is 1. The van der Waals surface area contributed by atoms with Crippen LogP contribution in [0.25, 0.3) is 0 Å². The highest BCUT2D eigenvalue weighted by Gasteiger charge is 2.22. The molecule has 7 heteroatoms. The van der Waals surface area contributed by atoms with E-state index in [1.165, 1.54) is 16.8 Å². The number of aromatic amines is 1. The third-order valence-electron chi connectivity index (χ3n) is 2.63. The van der Waals surface area contributed by atoms with E-state index in [0.717, 1.165) is 0 Å². The van der Waals surface area contributed by atoms with E-state index in [4.69, 9.17) is 9.47 Å². The average Bonchev–Trinajstić information content (AvgIpc) is 2.84. The Morgan fingerprint density at radius 3 is 2.95 bits per heavy atom.